The van der Waals surface area contributed by atoms with Crippen LogP contribution >= 0.6 is 0 Å². The molecule has 0 spiro atoms. The van der Waals surface area contributed by atoms with E-state index in [1.807, 2.05) is 0 Å². The molecule has 12 nitrogen and oxygen atoms in total. The summed E-state index contributed by atoms with van der Waals surface area (Å²) in [6.07, 6.45) is 0. The molecule has 0 radical (unpaired) electrons. The van der Waals surface area contributed by atoms with Crippen molar-refractivity contribution in [2.75, 3.05) is 0 Å². The van der Waals surface area contributed by atoms with Crippen molar-refractivity contribution >= 4 is 35.8 Å². The molecule has 0 saturated carbocycles. The fourth-order valence-electron chi connectivity index (χ4n) is 2.52. The molecule has 38 heavy (non-hydrogen) atoms. The third kappa shape index (κ3) is 11.4. The molecule has 3 rings (SSSR count). The molecule has 3 aromatic carbocycles. The van der Waals surface area contributed by atoms with Crippen LogP contribution in [0.4, 0.5) is 0 Å². The summed E-state index contributed by atoms with van der Waals surface area (Å²) in [5.74, 6) is -9.11. The number of aromatic carboxylic acids is 6. The van der Waals surface area contributed by atoms with Crippen LogP contribution in [0.2, 0.25) is 0 Å². The van der Waals surface area contributed by atoms with E-state index < -0.39 is 35.8 Å². The van der Waals surface area contributed by atoms with Gasteiger partial charge in [0.25, 0.3) is 0 Å². The molecule has 0 fully saturated rings. The number of carboxylic acids is 6. The third-order valence-corrected chi connectivity index (χ3v) is 4.10. The van der Waals surface area contributed by atoms with Crippen molar-refractivity contribution in [2.45, 2.75) is 0 Å². The van der Waals surface area contributed by atoms with Gasteiger partial charge in [0.1, 0.15) is 0 Å². The van der Waals surface area contributed by atoms with Gasteiger partial charge in [-0.3, -0.25) is 0 Å². The first-order chi connectivity index (χ1) is 16.9. The number of carbonyl (C=O) groups is 6. The van der Waals surface area contributed by atoms with E-state index in [0.29, 0.717) is 0 Å². The zero-order chi connectivity index (χ0) is 27.4. The van der Waals surface area contributed by atoms with E-state index >= 15 is 0 Å². The second-order valence-electron chi connectivity index (χ2n) is 6.36. The number of carbonyl (C=O) groups excluding carboxylic acids is 6. The Bertz CT molecular complexity index is 1060. The maximum absolute atomic E-state index is 10.3. The molecule has 0 aromatic heterocycles. The van der Waals surface area contributed by atoms with Gasteiger partial charge < -0.3 is 59.4 Å². The van der Waals surface area contributed by atoms with Crippen LogP contribution in [-0.4, -0.2) is 35.8 Å². The largest absolute Gasteiger partial charge is 3.00 e. The number of rotatable bonds is 6. The Balaban J connectivity index is 0. The molecule has 0 unspecified atom stereocenters. The second kappa shape index (κ2) is 18.0. The summed E-state index contributed by atoms with van der Waals surface area (Å²) in [5, 5.41) is 61.9. The van der Waals surface area contributed by atoms with Gasteiger partial charge in [-0.1, -0.05) is 72.8 Å². The van der Waals surface area contributed by atoms with E-state index in [1.165, 1.54) is 36.4 Å². The summed E-state index contributed by atoms with van der Waals surface area (Å²) >= 11 is 0. The van der Waals surface area contributed by atoms with Crippen LogP contribution in [0.1, 0.15) is 62.1 Å². The molecule has 0 aliphatic heterocycles. The second-order valence-corrected chi connectivity index (χ2v) is 6.36. The van der Waals surface area contributed by atoms with Crippen molar-refractivity contribution in [3.63, 3.8) is 0 Å². The summed E-state index contributed by atoms with van der Waals surface area (Å²) < 4.78 is 0. The molecule has 186 valence electrons. The average Bonchev–Trinajstić information content (AvgIpc) is 2.84. The quantitative estimate of drug-likeness (QED) is 0.240. The molecule has 0 bridgehead atoms. The first kappa shape index (κ1) is 36.8. The van der Waals surface area contributed by atoms with Crippen molar-refractivity contribution in [1.29, 1.82) is 0 Å². The van der Waals surface area contributed by atoms with Gasteiger partial charge in [-0.15, -0.1) is 0 Å². The Morgan fingerprint density at radius 2 is 0.421 bits per heavy atom. The summed E-state index contributed by atoms with van der Waals surface area (Å²) in [6, 6.07) is 15.4. The van der Waals surface area contributed by atoms with Crippen molar-refractivity contribution in [3.8, 4) is 0 Å². The molecule has 0 saturated heterocycles. The number of hydrogen-bond acceptors (Lipinski definition) is 12. The van der Waals surface area contributed by atoms with E-state index in [4.69, 9.17) is 0 Å². The minimum Gasteiger partial charge on any atom is -0.545 e. The first-order valence-corrected chi connectivity index (χ1v) is 9.43. The summed E-state index contributed by atoms with van der Waals surface area (Å²) in [7, 11) is 0. The Morgan fingerprint density at radius 1 is 0.316 bits per heavy atom. The normalized spacial score (nSPS) is 8.84. The molecule has 0 aliphatic carbocycles. The van der Waals surface area contributed by atoms with Gasteiger partial charge in [-0.2, -0.15) is 0 Å². The molecule has 3 aromatic rings. The van der Waals surface area contributed by atoms with Gasteiger partial charge in [0.05, 0.1) is 35.8 Å². The van der Waals surface area contributed by atoms with Crippen LogP contribution < -0.4 is 30.6 Å². The van der Waals surface area contributed by atoms with E-state index in [0.717, 1.165) is 36.4 Å². The van der Waals surface area contributed by atoms with Gasteiger partial charge in [0, 0.05) is 33.4 Å². The first-order valence-electron chi connectivity index (χ1n) is 9.43. The maximum Gasteiger partial charge on any atom is 3.00 e. The molecule has 0 heterocycles. The van der Waals surface area contributed by atoms with Crippen LogP contribution in [0.3, 0.4) is 0 Å². The number of benzene rings is 3. The fourth-order valence-corrected chi connectivity index (χ4v) is 2.52. The van der Waals surface area contributed by atoms with Gasteiger partial charge in [-0.25, -0.2) is 0 Å². The average molecular weight is 670 g/mol. The molecule has 0 N–H and O–H groups in total. The van der Waals surface area contributed by atoms with E-state index in [2.05, 4.69) is 0 Å². The molecular formula is C24H12O12Y2. The standard InChI is InChI=1S/3C8H6O4.2Y/c3*9-7(10)5-3-1-2-4-6(5)8(11)12;;/h3*1-4H,(H,9,10)(H,11,12);;/q;;;2*+3/p-6. The Kier molecular flexibility index (Phi) is 17.5. The SMILES string of the molecule is O=C([O-])c1ccccc1C(=O)[O-].O=C([O-])c1ccccc1C(=O)[O-].O=C([O-])c1ccccc1C(=O)[O-].[Y+3].[Y+3]. The predicted molar refractivity (Wildman–Crippen MR) is 105 cm³/mol. The van der Waals surface area contributed by atoms with Crippen molar-refractivity contribution in [3.05, 3.63) is 106 Å². The van der Waals surface area contributed by atoms with Gasteiger partial charge >= 0.3 is 65.4 Å². The third-order valence-electron chi connectivity index (χ3n) is 4.10. The Labute approximate surface area is 264 Å². The number of hydrogen-bond donors (Lipinski definition) is 0. The van der Waals surface area contributed by atoms with Crippen LogP contribution in [-0.2, 0) is 65.4 Å². The minimum atomic E-state index is -1.52. The van der Waals surface area contributed by atoms with Crippen LogP contribution in [0.5, 0.6) is 0 Å². The summed E-state index contributed by atoms with van der Waals surface area (Å²) in [6.45, 7) is 0. The van der Waals surface area contributed by atoms with E-state index in [1.54, 1.807) is 0 Å². The predicted octanol–water partition coefficient (Wildman–Crippen LogP) is -4.76. The van der Waals surface area contributed by atoms with E-state index in [-0.39, 0.29) is 98.8 Å². The summed E-state index contributed by atoms with van der Waals surface area (Å²) in [4.78, 5) is 61.9. The van der Waals surface area contributed by atoms with Gasteiger partial charge in [-0.05, 0) is 0 Å². The van der Waals surface area contributed by atoms with Crippen molar-refractivity contribution in [1.82, 2.24) is 0 Å². The molecule has 0 amide bonds. The minimum absolute atomic E-state index is 0. The molecule has 0 aliphatic rings. The monoisotopic (exact) mass is 670 g/mol. The van der Waals surface area contributed by atoms with Crippen LogP contribution in [0, 0.1) is 0 Å². The maximum atomic E-state index is 10.3. The van der Waals surface area contributed by atoms with Crippen molar-refractivity contribution < 1.29 is 125 Å². The summed E-state index contributed by atoms with van der Waals surface area (Å²) in [5.41, 5.74) is -2.18. The van der Waals surface area contributed by atoms with Crippen LogP contribution in [0.25, 0.3) is 0 Å². The number of carboxylic acid groups (broad SMARTS) is 6. The Morgan fingerprint density at radius 3 is 0.500 bits per heavy atom. The topological polar surface area (TPSA) is 241 Å². The van der Waals surface area contributed by atoms with Crippen molar-refractivity contribution in [2.24, 2.45) is 0 Å². The molecular weight excluding hydrogens is 658 g/mol. The van der Waals surface area contributed by atoms with Gasteiger partial charge in [0.2, 0.25) is 0 Å². The van der Waals surface area contributed by atoms with Gasteiger partial charge in [0.15, 0.2) is 0 Å². The smallest absolute Gasteiger partial charge is 0.545 e. The zero-order valence-electron chi connectivity index (χ0n) is 19.0. The fraction of sp³-hybridized carbons (Fsp3) is 0. The Hall–Kier alpha value is -3.31. The molecule has 14 heteroatoms. The zero-order valence-corrected chi connectivity index (χ0v) is 24.7. The van der Waals surface area contributed by atoms with E-state index in [9.17, 15) is 59.4 Å². The molecule has 0 atom stereocenters. The van der Waals surface area contributed by atoms with Crippen LogP contribution in [0.15, 0.2) is 72.8 Å².